The summed E-state index contributed by atoms with van der Waals surface area (Å²) in [5.41, 5.74) is 1.77. The maximum Gasteiger partial charge on any atom is 0.0829 e. The van der Waals surface area contributed by atoms with Crippen molar-refractivity contribution in [2.24, 2.45) is 0 Å². The second kappa shape index (κ2) is 5.33. The third-order valence-corrected chi connectivity index (χ3v) is 2.57. The summed E-state index contributed by atoms with van der Waals surface area (Å²) >= 11 is 0. The number of aliphatic hydroxyl groups excluding tert-OH is 1. The van der Waals surface area contributed by atoms with E-state index in [0.29, 0.717) is 12.8 Å². The second-order valence-corrected chi connectivity index (χ2v) is 3.81. The highest BCUT2D eigenvalue weighted by molar-refractivity contribution is 5.31. The molecule has 1 aromatic carbocycles. The van der Waals surface area contributed by atoms with E-state index < -0.39 is 6.10 Å². The van der Waals surface area contributed by atoms with Crippen molar-refractivity contribution in [3.8, 4) is 18.0 Å². The van der Waals surface area contributed by atoms with E-state index in [4.69, 9.17) is 6.42 Å². The van der Waals surface area contributed by atoms with Gasteiger partial charge in [-0.15, -0.1) is 12.3 Å². The van der Waals surface area contributed by atoms with E-state index >= 15 is 0 Å². The van der Waals surface area contributed by atoms with Crippen molar-refractivity contribution in [2.45, 2.75) is 18.9 Å². The van der Waals surface area contributed by atoms with Crippen LogP contribution in [0.5, 0.6) is 0 Å². The Morgan fingerprint density at radius 2 is 2.12 bits per heavy atom. The lowest BCUT2D eigenvalue weighted by Crippen LogP contribution is -1.96. The molecular formula is C14H14N2O. The monoisotopic (exact) mass is 226 g/mol. The van der Waals surface area contributed by atoms with E-state index in [1.165, 1.54) is 0 Å². The van der Waals surface area contributed by atoms with Gasteiger partial charge in [0.25, 0.3) is 0 Å². The first-order valence-corrected chi connectivity index (χ1v) is 5.53. The number of terminal acetylenes is 1. The van der Waals surface area contributed by atoms with Gasteiger partial charge in [0, 0.05) is 18.2 Å². The number of aliphatic hydroxyl groups is 1. The molecule has 1 atom stereocenters. The predicted molar refractivity (Wildman–Crippen MR) is 66.6 cm³/mol. The Morgan fingerprint density at radius 3 is 2.82 bits per heavy atom. The molecule has 3 heteroatoms. The zero-order valence-corrected chi connectivity index (χ0v) is 9.45. The van der Waals surface area contributed by atoms with E-state index in [9.17, 15) is 5.11 Å². The molecule has 0 bridgehead atoms. The molecule has 0 aliphatic heterocycles. The SMILES string of the molecule is C#CCCC(O)c1cnn(-c2ccccc2)c1. The molecule has 17 heavy (non-hydrogen) atoms. The predicted octanol–water partition coefficient (Wildman–Crippen LogP) is 2.32. The van der Waals surface area contributed by atoms with Crippen molar-refractivity contribution in [3.63, 3.8) is 0 Å². The molecule has 1 N–H and O–H groups in total. The average molecular weight is 226 g/mol. The molecule has 86 valence electrons. The minimum absolute atomic E-state index is 0.538. The number of hydrogen-bond donors (Lipinski definition) is 1. The van der Waals surface area contributed by atoms with Gasteiger partial charge in [-0.2, -0.15) is 5.10 Å². The molecule has 0 amide bonds. The van der Waals surface area contributed by atoms with Gasteiger partial charge in [0.2, 0.25) is 0 Å². The number of hydrogen-bond acceptors (Lipinski definition) is 2. The fourth-order valence-electron chi connectivity index (χ4n) is 1.62. The zero-order valence-electron chi connectivity index (χ0n) is 9.45. The Hall–Kier alpha value is -2.05. The van der Waals surface area contributed by atoms with Crippen molar-refractivity contribution in [1.29, 1.82) is 0 Å². The maximum absolute atomic E-state index is 9.86. The molecule has 0 aliphatic rings. The van der Waals surface area contributed by atoms with Gasteiger partial charge in [0.1, 0.15) is 0 Å². The fourth-order valence-corrected chi connectivity index (χ4v) is 1.62. The van der Waals surface area contributed by atoms with Crippen LogP contribution in [0.2, 0.25) is 0 Å². The first-order valence-electron chi connectivity index (χ1n) is 5.53. The van der Waals surface area contributed by atoms with Gasteiger partial charge in [-0.1, -0.05) is 18.2 Å². The summed E-state index contributed by atoms with van der Waals surface area (Å²) in [5.74, 6) is 2.52. The summed E-state index contributed by atoms with van der Waals surface area (Å²) < 4.78 is 1.74. The minimum atomic E-state index is -0.538. The van der Waals surface area contributed by atoms with Crippen LogP contribution in [0.15, 0.2) is 42.7 Å². The summed E-state index contributed by atoms with van der Waals surface area (Å²) in [4.78, 5) is 0. The number of para-hydroxylation sites is 1. The topological polar surface area (TPSA) is 38.1 Å². The smallest absolute Gasteiger partial charge is 0.0829 e. The van der Waals surface area contributed by atoms with E-state index in [2.05, 4.69) is 11.0 Å². The molecular weight excluding hydrogens is 212 g/mol. The Balaban J connectivity index is 2.14. The Morgan fingerprint density at radius 1 is 1.35 bits per heavy atom. The van der Waals surface area contributed by atoms with Crippen molar-refractivity contribution in [2.75, 3.05) is 0 Å². The molecule has 0 fully saturated rings. The van der Waals surface area contributed by atoms with Crippen LogP contribution in [0, 0.1) is 12.3 Å². The van der Waals surface area contributed by atoms with Crippen LogP contribution in [-0.2, 0) is 0 Å². The molecule has 0 saturated carbocycles. The van der Waals surface area contributed by atoms with Gasteiger partial charge >= 0.3 is 0 Å². The lowest BCUT2D eigenvalue weighted by molar-refractivity contribution is 0.169. The molecule has 3 nitrogen and oxygen atoms in total. The third-order valence-electron chi connectivity index (χ3n) is 2.57. The first-order chi connectivity index (χ1) is 8.31. The molecule has 1 unspecified atom stereocenters. The number of rotatable bonds is 4. The lowest BCUT2D eigenvalue weighted by Gasteiger charge is -2.04. The molecule has 0 aliphatic carbocycles. The van der Waals surface area contributed by atoms with Gasteiger partial charge in [-0.25, -0.2) is 4.68 Å². The maximum atomic E-state index is 9.86. The van der Waals surface area contributed by atoms with Gasteiger partial charge in [-0.05, 0) is 18.6 Å². The molecule has 2 aromatic rings. The quantitative estimate of drug-likeness (QED) is 0.812. The van der Waals surface area contributed by atoms with E-state index in [1.54, 1.807) is 10.9 Å². The summed E-state index contributed by atoms with van der Waals surface area (Å²) in [7, 11) is 0. The van der Waals surface area contributed by atoms with Crippen LogP contribution in [-0.4, -0.2) is 14.9 Å². The van der Waals surface area contributed by atoms with Crippen LogP contribution in [0.1, 0.15) is 24.5 Å². The summed E-state index contributed by atoms with van der Waals surface area (Å²) in [6, 6.07) is 9.78. The number of nitrogens with zero attached hydrogens (tertiary/aromatic N) is 2. The normalized spacial score (nSPS) is 12.0. The third kappa shape index (κ3) is 2.74. The summed E-state index contributed by atoms with van der Waals surface area (Å²) in [6.45, 7) is 0. The fraction of sp³-hybridized carbons (Fsp3) is 0.214. The average Bonchev–Trinajstić information content (AvgIpc) is 2.86. The van der Waals surface area contributed by atoms with Crippen molar-refractivity contribution < 1.29 is 5.11 Å². The van der Waals surface area contributed by atoms with E-state index in [-0.39, 0.29) is 0 Å². The van der Waals surface area contributed by atoms with E-state index in [1.807, 2.05) is 36.5 Å². The standard InChI is InChI=1S/C14H14N2O/c1-2-3-9-14(17)12-10-15-16(11-12)13-7-5-4-6-8-13/h1,4-8,10-11,14,17H,3,9H2. The second-order valence-electron chi connectivity index (χ2n) is 3.81. The number of aromatic nitrogens is 2. The summed E-state index contributed by atoms with van der Waals surface area (Å²) in [5, 5.41) is 14.1. The molecule has 0 radical (unpaired) electrons. The van der Waals surface area contributed by atoms with Crippen molar-refractivity contribution >= 4 is 0 Å². The molecule has 0 spiro atoms. The van der Waals surface area contributed by atoms with Crippen LogP contribution < -0.4 is 0 Å². The van der Waals surface area contributed by atoms with Crippen LogP contribution in [0.25, 0.3) is 5.69 Å². The van der Waals surface area contributed by atoms with Gasteiger partial charge in [0.05, 0.1) is 18.0 Å². The van der Waals surface area contributed by atoms with E-state index in [0.717, 1.165) is 11.3 Å². The first kappa shape index (κ1) is 11.4. The van der Waals surface area contributed by atoms with Crippen molar-refractivity contribution in [3.05, 3.63) is 48.3 Å². The van der Waals surface area contributed by atoms with Gasteiger partial charge < -0.3 is 5.11 Å². The highest BCUT2D eigenvalue weighted by Crippen LogP contribution is 2.18. The van der Waals surface area contributed by atoms with Crippen molar-refractivity contribution in [1.82, 2.24) is 9.78 Å². The highest BCUT2D eigenvalue weighted by Gasteiger charge is 2.09. The molecule has 0 saturated heterocycles. The van der Waals surface area contributed by atoms with Gasteiger partial charge in [0.15, 0.2) is 0 Å². The Kier molecular flexibility index (Phi) is 3.59. The van der Waals surface area contributed by atoms with Crippen LogP contribution in [0.3, 0.4) is 0 Å². The highest BCUT2D eigenvalue weighted by atomic mass is 16.3. The molecule has 1 heterocycles. The zero-order chi connectivity index (χ0) is 12.1. The number of benzene rings is 1. The van der Waals surface area contributed by atoms with Crippen LogP contribution >= 0.6 is 0 Å². The molecule has 2 rings (SSSR count). The lowest BCUT2D eigenvalue weighted by atomic mass is 10.1. The molecule has 1 aromatic heterocycles. The van der Waals surface area contributed by atoms with Gasteiger partial charge in [-0.3, -0.25) is 0 Å². The Bertz CT molecular complexity index is 511. The summed E-state index contributed by atoms with van der Waals surface area (Å²) in [6.07, 6.45) is 9.27. The minimum Gasteiger partial charge on any atom is -0.388 e. The Labute approximate surface area is 101 Å². The van der Waals surface area contributed by atoms with Crippen LogP contribution in [0.4, 0.5) is 0 Å². The largest absolute Gasteiger partial charge is 0.388 e.